The van der Waals surface area contributed by atoms with Gasteiger partial charge in [0.05, 0.1) is 84.3 Å². The quantitative estimate of drug-likeness (QED) is 0.0118. The van der Waals surface area contributed by atoms with Crippen LogP contribution in [0.3, 0.4) is 0 Å². The summed E-state index contributed by atoms with van der Waals surface area (Å²) in [6.45, 7) is 0. The Morgan fingerprint density at radius 1 is 0.636 bits per heavy atom. The number of esters is 1. The lowest BCUT2D eigenvalue weighted by atomic mass is 10.1. The summed E-state index contributed by atoms with van der Waals surface area (Å²) in [6.07, 6.45) is 0. The van der Waals surface area contributed by atoms with E-state index in [1.807, 2.05) is 0 Å². The zero-order valence-electron chi connectivity index (χ0n) is 34.3. The van der Waals surface area contributed by atoms with Crippen LogP contribution in [0.25, 0.3) is 27.2 Å². The van der Waals surface area contributed by atoms with Crippen LogP contribution in [-0.2, 0) is 47.6 Å². The smallest absolute Gasteiger partial charge is 0.361 e. The standard InChI is InChI=1S/C40H32N8O15S3/c1-56-40(53)37-36(39(52)48(47-37)24-12-14-25(15-13-24)66(54,55)59-4)46-41-22-10-9-21-17-33(65-63-61-58-3)35(38(51)28(21)18-22)45-43-29-16-11-23(19-30(29)49)42-44-34-27-8-6-5-7-26(27)32(20-31(34)50)64-62-60-57-2/h5-20,49-52H,1-4H3. The summed E-state index contributed by atoms with van der Waals surface area (Å²) in [5.74, 6) is -2.59. The molecule has 6 aromatic carbocycles. The second-order valence-corrected chi connectivity index (χ2v) is 16.0. The van der Waals surface area contributed by atoms with Crippen molar-refractivity contribution in [2.75, 3.05) is 28.4 Å². The van der Waals surface area contributed by atoms with Crippen LogP contribution in [0, 0.1) is 0 Å². The lowest BCUT2D eigenvalue weighted by Crippen LogP contribution is -2.05. The van der Waals surface area contributed by atoms with Gasteiger partial charge in [-0.2, -0.15) is 28.4 Å². The Kier molecular flexibility index (Phi) is 14.8. The Bertz CT molecular complexity index is 3150. The molecular weight excluding hydrogens is 929 g/mol. The lowest BCUT2D eigenvalue weighted by molar-refractivity contribution is -0.447. The molecule has 0 aliphatic rings. The van der Waals surface area contributed by atoms with Gasteiger partial charge < -0.3 is 25.2 Å². The largest absolute Gasteiger partial charge is 0.506 e. The molecule has 0 aliphatic carbocycles. The number of methoxy groups -OCH3 is 1. The molecule has 0 bridgehead atoms. The molecule has 0 spiro atoms. The summed E-state index contributed by atoms with van der Waals surface area (Å²) in [6, 6.07) is 23.8. The van der Waals surface area contributed by atoms with Gasteiger partial charge in [0.25, 0.3) is 10.1 Å². The number of carbonyl (C=O) groups excluding carboxylic acids is 1. The van der Waals surface area contributed by atoms with Crippen LogP contribution in [0.5, 0.6) is 23.1 Å². The Morgan fingerprint density at radius 3 is 1.94 bits per heavy atom. The third-order valence-electron chi connectivity index (χ3n) is 8.99. The van der Waals surface area contributed by atoms with Crippen molar-refractivity contribution in [1.82, 2.24) is 9.78 Å². The Labute approximate surface area is 380 Å². The van der Waals surface area contributed by atoms with Crippen LogP contribution in [0.15, 0.2) is 142 Å². The van der Waals surface area contributed by atoms with Crippen molar-refractivity contribution in [3.8, 4) is 28.8 Å². The molecule has 26 heteroatoms. The molecule has 23 nitrogen and oxygen atoms in total. The number of aromatic hydroxyl groups is 4. The number of phenols is 3. The number of nitrogens with zero attached hydrogens (tertiary/aromatic N) is 8. The summed E-state index contributed by atoms with van der Waals surface area (Å²) < 4.78 is 44.4. The molecule has 7 aromatic rings. The summed E-state index contributed by atoms with van der Waals surface area (Å²) >= 11 is 1.44. The minimum Gasteiger partial charge on any atom is -0.506 e. The number of benzene rings is 6. The van der Waals surface area contributed by atoms with E-state index in [1.54, 1.807) is 36.4 Å². The second kappa shape index (κ2) is 20.8. The first-order valence-electron chi connectivity index (χ1n) is 18.4. The van der Waals surface area contributed by atoms with Crippen molar-refractivity contribution in [2.45, 2.75) is 14.7 Å². The van der Waals surface area contributed by atoms with E-state index in [1.165, 1.54) is 74.9 Å². The minimum atomic E-state index is -4.01. The number of rotatable bonds is 18. The minimum absolute atomic E-state index is 0.0355. The van der Waals surface area contributed by atoms with Gasteiger partial charge in [0.1, 0.15) is 28.6 Å². The number of hydrogen-bond acceptors (Lipinski definition) is 24. The van der Waals surface area contributed by atoms with Crippen molar-refractivity contribution in [1.29, 1.82) is 0 Å². The molecule has 0 radical (unpaired) electrons. The number of ether oxygens (including phenoxy) is 1. The summed E-state index contributed by atoms with van der Waals surface area (Å²) in [5, 5.41) is 84.5. The number of aromatic nitrogens is 2. The van der Waals surface area contributed by atoms with Gasteiger partial charge in [-0.05, 0) is 66.0 Å². The van der Waals surface area contributed by atoms with Gasteiger partial charge in [-0.25, -0.2) is 14.6 Å². The van der Waals surface area contributed by atoms with Crippen LogP contribution in [0.1, 0.15) is 10.5 Å². The summed E-state index contributed by atoms with van der Waals surface area (Å²) in [5.41, 5.74) is -0.355. The first kappa shape index (κ1) is 46.9. The Balaban J connectivity index is 1.18. The number of azo groups is 3. The predicted molar refractivity (Wildman–Crippen MR) is 233 cm³/mol. The molecule has 4 N–H and O–H groups in total. The van der Waals surface area contributed by atoms with Crippen LogP contribution in [-0.4, -0.2) is 73.0 Å². The van der Waals surface area contributed by atoms with E-state index in [9.17, 15) is 33.6 Å². The fraction of sp³-hybridized carbons (Fsp3) is 0.100. The van der Waals surface area contributed by atoms with Crippen LogP contribution < -0.4 is 0 Å². The van der Waals surface area contributed by atoms with E-state index in [0.717, 1.165) is 30.9 Å². The third kappa shape index (κ3) is 10.2. The van der Waals surface area contributed by atoms with E-state index in [0.29, 0.717) is 33.1 Å². The normalized spacial score (nSPS) is 12.1. The van der Waals surface area contributed by atoms with Gasteiger partial charge in [-0.15, -0.1) is 29.1 Å². The van der Waals surface area contributed by atoms with E-state index < -0.39 is 33.4 Å². The lowest BCUT2D eigenvalue weighted by Gasteiger charge is -2.10. The average molecular weight is 961 g/mol. The highest BCUT2D eigenvalue weighted by molar-refractivity contribution is 7.95. The topological polar surface area (TPSA) is 298 Å². The van der Waals surface area contributed by atoms with Crippen molar-refractivity contribution >= 4 is 95.8 Å². The van der Waals surface area contributed by atoms with Gasteiger partial charge in [-0.3, -0.25) is 4.18 Å². The summed E-state index contributed by atoms with van der Waals surface area (Å²) in [4.78, 5) is 22.2. The Hall–Kier alpha value is -7.11. The number of carbonyl (C=O) groups is 1. The van der Waals surface area contributed by atoms with Crippen LogP contribution >= 0.6 is 24.1 Å². The highest BCUT2D eigenvalue weighted by atomic mass is 32.2. The number of phenolic OH excluding ortho intramolecular Hbond substituents is 3. The first-order chi connectivity index (χ1) is 31.9. The fourth-order valence-corrected chi connectivity index (χ4v) is 7.72. The van der Waals surface area contributed by atoms with Crippen molar-refractivity contribution in [3.63, 3.8) is 0 Å². The number of hydrogen-bond donors (Lipinski definition) is 4. The third-order valence-corrected chi connectivity index (χ3v) is 11.5. The maximum Gasteiger partial charge on any atom is 0.361 e. The van der Waals surface area contributed by atoms with Gasteiger partial charge in [0.2, 0.25) is 11.6 Å². The van der Waals surface area contributed by atoms with E-state index in [-0.39, 0.29) is 66.5 Å². The average Bonchev–Trinajstić information content (AvgIpc) is 3.66. The highest BCUT2D eigenvalue weighted by Gasteiger charge is 2.26. The monoisotopic (exact) mass is 960 g/mol. The Morgan fingerprint density at radius 2 is 1.27 bits per heavy atom. The van der Waals surface area contributed by atoms with Crippen LogP contribution in [0.2, 0.25) is 0 Å². The molecule has 0 amide bonds. The molecule has 7 rings (SSSR count). The van der Waals surface area contributed by atoms with E-state index in [4.69, 9.17) is 13.4 Å². The molecule has 66 heavy (non-hydrogen) atoms. The number of fused-ring (bicyclic) bond motifs is 2. The molecule has 0 saturated heterocycles. The fourth-order valence-electron chi connectivity index (χ4n) is 5.93. The highest BCUT2D eigenvalue weighted by Crippen LogP contribution is 2.47. The maximum atomic E-state index is 12.7. The predicted octanol–water partition coefficient (Wildman–Crippen LogP) is 10.4. The first-order valence-corrected chi connectivity index (χ1v) is 21.3. The molecule has 0 unspecified atom stereocenters. The molecular formula is C40H32N8O15S3. The van der Waals surface area contributed by atoms with Gasteiger partial charge in [0, 0.05) is 22.2 Å². The summed E-state index contributed by atoms with van der Waals surface area (Å²) in [7, 11) is 0.590. The van der Waals surface area contributed by atoms with E-state index >= 15 is 0 Å². The van der Waals surface area contributed by atoms with Gasteiger partial charge >= 0.3 is 5.97 Å². The van der Waals surface area contributed by atoms with E-state index in [2.05, 4.69) is 59.8 Å². The molecule has 0 atom stereocenters. The SMILES string of the molecule is COOOSc1cc2ccc(N=Nc3c(C(=O)OC)nn(-c4ccc(S(=O)(=O)OC)cc4)c3O)cc2c(O)c1N=Nc1ccc(N=Nc2c(O)cc(SOOOC)c3ccccc23)cc1O. The molecule has 0 saturated carbocycles. The molecule has 340 valence electrons. The van der Waals surface area contributed by atoms with Gasteiger partial charge in [0.15, 0.2) is 11.4 Å². The zero-order valence-corrected chi connectivity index (χ0v) is 36.8. The molecule has 0 aliphatic heterocycles. The van der Waals surface area contributed by atoms with Crippen molar-refractivity contribution in [2.24, 2.45) is 30.7 Å². The maximum absolute atomic E-state index is 12.7. The van der Waals surface area contributed by atoms with Crippen molar-refractivity contribution < 1.29 is 71.1 Å². The zero-order chi connectivity index (χ0) is 47.0. The second-order valence-electron chi connectivity index (χ2n) is 12.8. The molecule has 0 fully saturated rings. The van der Waals surface area contributed by atoms with Crippen molar-refractivity contribution in [3.05, 3.63) is 103 Å². The van der Waals surface area contributed by atoms with Crippen LogP contribution in [0.4, 0.5) is 34.1 Å². The van der Waals surface area contributed by atoms with Gasteiger partial charge in [-0.1, -0.05) is 40.4 Å². The molecule has 1 aromatic heterocycles. The molecule has 1 heterocycles.